The lowest BCUT2D eigenvalue weighted by Crippen LogP contribution is -2.30. The summed E-state index contributed by atoms with van der Waals surface area (Å²) in [5.41, 5.74) is 1.84. The first-order valence-corrected chi connectivity index (χ1v) is 9.26. The molecule has 1 aliphatic rings. The molecule has 2 aromatic heterocycles. The van der Waals surface area contributed by atoms with Crippen molar-refractivity contribution < 1.29 is 14.3 Å². The minimum Gasteiger partial charge on any atom is -0.391 e. The molecule has 6 nitrogen and oxygen atoms in total. The molecule has 0 bridgehead atoms. The van der Waals surface area contributed by atoms with Crippen LogP contribution in [0, 0.1) is 9.39 Å². The Balaban J connectivity index is 1.78. The van der Waals surface area contributed by atoms with E-state index in [1.54, 1.807) is 35.5 Å². The molecule has 0 radical (unpaired) electrons. The second-order valence-corrected chi connectivity index (χ2v) is 7.48. The third-order valence-electron chi connectivity index (χ3n) is 4.46. The van der Waals surface area contributed by atoms with Crippen LogP contribution < -0.4 is 5.32 Å². The van der Waals surface area contributed by atoms with Gasteiger partial charge in [0.2, 0.25) is 0 Å². The van der Waals surface area contributed by atoms with Gasteiger partial charge in [0, 0.05) is 34.4 Å². The Morgan fingerprint density at radius 3 is 3.00 bits per heavy atom. The Morgan fingerprint density at radius 2 is 2.27 bits per heavy atom. The number of fused-ring (bicyclic) bond motifs is 1. The quantitative estimate of drug-likeness (QED) is 0.518. The maximum Gasteiger partial charge on any atom is 0.272 e. The second-order valence-electron chi connectivity index (χ2n) is 6.24. The number of rotatable bonds is 3. The molecule has 1 atom stereocenters. The Labute approximate surface area is 162 Å². The predicted octanol–water partition coefficient (Wildman–Crippen LogP) is 3.26. The lowest BCUT2D eigenvalue weighted by atomic mass is 10.2. The number of aliphatic hydroxyl groups excluding tert-OH is 1. The number of nitrogens with one attached hydrogen (secondary N) is 2. The molecule has 3 N–H and O–H groups in total. The first-order chi connectivity index (χ1) is 12.5. The van der Waals surface area contributed by atoms with Crippen LogP contribution in [-0.2, 0) is 0 Å². The SMILES string of the molecule is O=C(c1[nH]c2ccncc2c1Nc1ccc(I)cc1F)N1CCC(O)C1. The van der Waals surface area contributed by atoms with Gasteiger partial charge in [0.05, 0.1) is 23.0 Å². The molecule has 1 amide bonds. The van der Waals surface area contributed by atoms with Crippen LogP contribution in [0.2, 0.25) is 0 Å². The van der Waals surface area contributed by atoms with E-state index in [9.17, 15) is 14.3 Å². The lowest BCUT2D eigenvalue weighted by molar-refractivity contribution is 0.0761. The summed E-state index contributed by atoms with van der Waals surface area (Å²) >= 11 is 2.04. The van der Waals surface area contributed by atoms with Crippen LogP contribution in [0.4, 0.5) is 15.8 Å². The third-order valence-corrected chi connectivity index (χ3v) is 5.13. The molecule has 3 aromatic rings. The number of benzene rings is 1. The van der Waals surface area contributed by atoms with Crippen LogP contribution in [0.25, 0.3) is 10.9 Å². The van der Waals surface area contributed by atoms with Crippen molar-refractivity contribution in [2.24, 2.45) is 0 Å². The Hall–Kier alpha value is -2.20. The van der Waals surface area contributed by atoms with Gasteiger partial charge >= 0.3 is 0 Å². The monoisotopic (exact) mass is 466 g/mol. The highest BCUT2D eigenvalue weighted by atomic mass is 127. The van der Waals surface area contributed by atoms with Crippen molar-refractivity contribution in [3.63, 3.8) is 0 Å². The van der Waals surface area contributed by atoms with E-state index in [0.717, 1.165) is 9.09 Å². The van der Waals surface area contributed by atoms with Gasteiger partial charge in [-0.1, -0.05) is 0 Å². The summed E-state index contributed by atoms with van der Waals surface area (Å²) in [5, 5.41) is 13.5. The fourth-order valence-corrected chi connectivity index (χ4v) is 3.59. The molecule has 1 aromatic carbocycles. The molecule has 4 rings (SSSR count). The van der Waals surface area contributed by atoms with Crippen LogP contribution in [-0.4, -0.2) is 45.1 Å². The van der Waals surface area contributed by atoms with Gasteiger partial charge in [0.15, 0.2) is 0 Å². The molecule has 0 aliphatic carbocycles. The highest BCUT2D eigenvalue weighted by Gasteiger charge is 2.29. The summed E-state index contributed by atoms with van der Waals surface area (Å²) in [6, 6.07) is 6.62. The molecule has 0 saturated carbocycles. The molecule has 1 aliphatic heterocycles. The number of carbonyl (C=O) groups is 1. The predicted molar refractivity (Wildman–Crippen MR) is 105 cm³/mol. The van der Waals surface area contributed by atoms with Crippen molar-refractivity contribution in [3.8, 4) is 0 Å². The van der Waals surface area contributed by atoms with Crippen LogP contribution >= 0.6 is 22.6 Å². The van der Waals surface area contributed by atoms with Crippen LogP contribution in [0.5, 0.6) is 0 Å². The number of H-pyrrole nitrogens is 1. The number of aliphatic hydroxyl groups is 1. The van der Waals surface area contributed by atoms with Crippen molar-refractivity contribution >= 4 is 50.8 Å². The van der Waals surface area contributed by atoms with E-state index >= 15 is 0 Å². The van der Waals surface area contributed by atoms with E-state index in [0.29, 0.717) is 36.3 Å². The number of aromatic nitrogens is 2. The van der Waals surface area contributed by atoms with E-state index in [2.05, 4.69) is 15.3 Å². The zero-order chi connectivity index (χ0) is 18.3. The van der Waals surface area contributed by atoms with Gasteiger partial charge < -0.3 is 20.3 Å². The largest absolute Gasteiger partial charge is 0.391 e. The molecule has 1 unspecified atom stereocenters. The molecular weight excluding hydrogens is 450 g/mol. The zero-order valence-corrected chi connectivity index (χ0v) is 15.8. The number of aromatic amines is 1. The number of β-amino-alcohol motifs (C(OH)–C–C–N with tert-alkyl or cyclic N) is 1. The molecule has 1 saturated heterocycles. The van der Waals surface area contributed by atoms with E-state index in [-0.39, 0.29) is 11.6 Å². The highest BCUT2D eigenvalue weighted by molar-refractivity contribution is 14.1. The summed E-state index contributed by atoms with van der Waals surface area (Å²) in [5.74, 6) is -0.628. The summed E-state index contributed by atoms with van der Waals surface area (Å²) in [4.78, 5) is 21.8. The van der Waals surface area contributed by atoms with Gasteiger partial charge in [0.1, 0.15) is 11.5 Å². The normalized spacial score (nSPS) is 17.0. The van der Waals surface area contributed by atoms with Crippen molar-refractivity contribution in [3.05, 3.63) is 51.7 Å². The number of pyridine rings is 1. The lowest BCUT2D eigenvalue weighted by Gasteiger charge is -2.16. The minimum absolute atomic E-state index is 0.230. The van der Waals surface area contributed by atoms with Gasteiger partial charge in [-0.3, -0.25) is 9.78 Å². The average Bonchev–Trinajstić information content (AvgIpc) is 3.21. The average molecular weight is 466 g/mol. The second kappa shape index (κ2) is 6.84. The van der Waals surface area contributed by atoms with Crippen molar-refractivity contribution in [2.45, 2.75) is 12.5 Å². The molecule has 3 heterocycles. The third kappa shape index (κ3) is 3.14. The molecule has 0 spiro atoms. The Bertz CT molecular complexity index is 990. The van der Waals surface area contributed by atoms with Gasteiger partial charge in [-0.2, -0.15) is 0 Å². The van der Waals surface area contributed by atoms with Crippen LogP contribution in [0.1, 0.15) is 16.9 Å². The van der Waals surface area contributed by atoms with Gasteiger partial charge in [-0.05, 0) is 53.3 Å². The Morgan fingerprint density at radius 1 is 1.42 bits per heavy atom. The number of likely N-dealkylation sites (tertiary alicyclic amines) is 1. The molecule has 26 heavy (non-hydrogen) atoms. The summed E-state index contributed by atoms with van der Waals surface area (Å²) in [7, 11) is 0. The van der Waals surface area contributed by atoms with Gasteiger partial charge in [-0.15, -0.1) is 0 Å². The van der Waals surface area contributed by atoms with Gasteiger partial charge in [-0.25, -0.2) is 4.39 Å². The Kier molecular flexibility index (Phi) is 4.53. The number of nitrogens with zero attached hydrogens (tertiary/aromatic N) is 2. The topological polar surface area (TPSA) is 81.2 Å². The maximum atomic E-state index is 14.3. The van der Waals surface area contributed by atoms with Crippen LogP contribution in [0.3, 0.4) is 0 Å². The van der Waals surface area contributed by atoms with E-state index in [1.165, 1.54) is 6.07 Å². The number of anilines is 2. The van der Waals surface area contributed by atoms with E-state index in [4.69, 9.17) is 0 Å². The highest BCUT2D eigenvalue weighted by Crippen LogP contribution is 2.32. The van der Waals surface area contributed by atoms with E-state index < -0.39 is 11.9 Å². The van der Waals surface area contributed by atoms with Crippen molar-refractivity contribution in [1.82, 2.24) is 14.9 Å². The van der Waals surface area contributed by atoms with Crippen LogP contribution in [0.15, 0.2) is 36.7 Å². The van der Waals surface area contributed by atoms with Crippen molar-refractivity contribution in [2.75, 3.05) is 18.4 Å². The number of halogens is 2. The fraction of sp³-hybridized carbons (Fsp3) is 0.222. The molecule has 8 heteroatoms. The molecule has 1 fully saturated rings. The minimum atomic E-state index is -0.505. The summed E-state index contributed by atoms with van der Waals surface area (Å²) in [6.45, 7) is 0.786. The van der Waals surface area contributed by atoms with E-state index in [1.807, 2.05) is 22.6 Å². The fourth-order valence-electron chi connectivity index (χ4n) is 3.13. The molecule has 134 valence electrons. The number of hydrogen-bond acceptors (Lipinski definition) is 4. The van der Waals surface area contributed by atoms with Crippen molar-refractivity contribution in [1.29, 1.82) is 0 Å². The first-order valence-electron chi connectivity index (χ1n) is 8.18. The molecular formula is C18H16FIN4O2. The number of carbonyl (C=O) groups excluding carboxylic acids is 1. The summed E-state index contributed by atoms with van der Waals surface area (Å²) < 4.78 is 15.1. The number of amides is 1. The van der Waals surface area contributed by atoms with Gasteiger partial charge in [0.25, 0.3) is 5.91 Å². The number of hydrogen-bond donors (Lipinski definition) is 3. The standard InChI is InChI=1S/C18H16FIN4O2/c19-13-7-10(20)1-2-15(13)23-16-12-8-21-5-3-14(12)22-17(16)18(26)24-6-4-11(25)9-24/h1-3,5,7-8,11,22-23,25H,4,6,9H2. The summed E-state index contributed by atoms with van der Waals surface area (Å²) in [6.07, 6.45) is 3.31. The first kappa shape index (κ1) is 17.2. The smallest absolute Gasteiger partial charge is 0.272 e. The maximum absolute atomic E-state index is 14.3. The zero-order valence-electron chi connectivity index (χ0n) is 13.7.